The molecule has 0 saturated carbocycles. The average Bonchev–Trinajstić information content (AvgIpc) is 2.27. The summed E-state index contributed by atoms with van der Waals surface area (Å²) in [7, 11) is 0. The standard InChI is InChI=1S/C12H15FO2/c1-10(7-8-13)12(14)15-9-11-5-3-2-4-6-11/h2-6,10H,7-9H2,1H3. The van der Waals surface area contributed by atoms with Crippen molar-refractivity contribution >= 4 is 5.97 Å². The van der Waals surface area contributed by atoms with Crippen molar-refractivity contribution in [3.8, 4) is 0 Å². The molecule has 0 aliphatic heterocycles. The van der Waals surface area contributed by atoms with Gasteiger partial charge in [-0.25, -0.2) is 0 Å². The summed E-state index contributed by atoms with van der Waals surface area (Å²) < 4.78 is 17.0. The van der Waals surface area contributed by atoms with E-state index in [1.165, 1.54) is 0 Å². The number of ether oxygens (including phenoxy) is 1. The first kappa shape index (κ1) is 11.7. The van der Waals surface area contributed by atoms with E-state index in [4.69, 9.17) is 4.74 Å². The third-order valence-corrected chi connectivity index (χ3v) is 2.17. The largest absolute Gasteiger partial charge is 0.461 e. The van der Waals surface area contributed by atoms with Crippen LogP contribution in [0.2, 0.25) is 0 Å². The van der Waals surface area contributed by atoms with Gasteiger partial charge in [0.2, 0.25) is 0 Å². The molecule has 0 heterocycles. The minimum absolute atomic E-state index is 0.230. The number of halogens is 1. The smallest absolute Gasteiger partial charge is 0.309 e. The van der Waals surface area contributed by atoms with Gasteiger partial charge in [0.1, 0.15) is 6.61 Å². The molecule has 2 nitrogen and oxygen atoms in total. The van der Waals surface area contributed by atoms with Crippen LogP contribution in [0.1, 0.15) is 18.9 Å². The number of hydrogen-bond acceptors (Lipinski definition) is 2. The molecule has 0 aromatic heterocycles. The van der Waals surface area contributed by atoms with Gasteiger partial charge in [0.05, 0.1) is 12.6 Å². The van der Waals surface area contributed by atoms with Gasteiger partial charge in [0, 0.05) is 0 Å². The molecule has 3 heteroatoms. The highest BCUT2D eigenvalue weighted by Crippen LogP contribution is 2.07. The summed E-state index contributed by atoms with van der Waals surface area (Å²) in [6.07, 6.45) is 0.230. The van der Waals surface area contributed by atoms with Crippen molar-refractivity contribution in [1.29, 1.82) is 0 Å². The van der Waals surface area contributed by atoms with Crippen LogP contribution in [0.25, 0.3) is 0 Å². The summed E-state index contributed by atoms with van der Waals surface area (Å²) in [5.74, 6) is -0.699. The normalized spacial score (nSPS) is 12.1. The van der Waals surface area contributed by atoms with Gasteiger partial charge in [0.15, 0.2) is 0 Å². The Kier molecular flexibility index (Phi) is 4.81. The van der Waals surface area contributed by atoms with E-state index in [0.717, 1.165) is 5.56 Å². The molecule has 1 aromatic rings. The number of benzene rings is 1. The van der Waals surface area contributed by atoms with Gasteiger partial charge in [-0.1, -0.05) is 37.3 Å². The van der Waals surface area contributed by atoms with Crippen molar-refractivity contribution < 1.29 is 13.9 Å². The molecule has 0 aliphatic carbocycles. The molecule has 1 unspecified atom stereocenters. The third-order valence-electron chi connectivity index (χ3n) is 2.17. The monoisotopic (exact) mass is 210 g/mol. The Labute approximate surface area is 89.1 Å². The molecule has 0 amide bonds. The van der Waals surface area contributed by atoms with Gasteiger partial charge in [-0.05, 0) is 12.0 Å². The van der Waals surface area contributed by atoms with Gasteiger partial charge in [-0.3, -0.25) is 9.18 Å². The number of carbonyl (C=O) groups is 1. The average molecular weight is 210 g/mol. The van der Waals surface area contributed by atoms with Crippen LogP contribution in [0.4, 0.5) is 4.39 Å². The zero-order valence-electron chi connectivity index (χ0n) is 8.78. The maximum atomic E-state index is 12.0. The molecule has 0 radical (unpaired) electrons. The van der Waals surface area contributed by atoms with Gasteiger partial charge in [-0.15, -0.1) is 0 Å². The topological polar surface area (TPSA) is 26.3 Å². The molecular weight excluding hydrogens is 195 g/mol. The summed E-state index contributed by atoms with van der Waals surface area (Å²) in [6, 6.07) is 9.43. The van der Waals surface area contributed by atoms with E-state index in [2.05, 4.69) is 0 Å². The molecular formula is C12H15FO2. The molecule has 15 heavy (non-hydrogen) atoms. The summed E-state index contributed by atoms with van der Waals surface area (Å²) >= 11 is 0. The summed E-state index contributed by atoms with van der Waals surface area (Å²) in [6.45, 7) is 1.45. The Morgan fingerprint density at radius 3 is 2.67 bits per heavy atom. The zero-order valence-corrected chi connectivity index (χ0v) is 8.78. The predicted molar refractivity (Wildman–Crippen MR) is 56.0 cm³/mol. The zero-order chi connectivity index (χ0) is 11.1. The second kappa shape index (κ2) is 6.17. The lowest BCUT2D eigenvalue weighted by Gasteiger charge is -2.09. The number of esters is 1. The Balaban J connectivity index is 2.34. The molecule has 1 aromatic carbocycles. The SMILES string of the molecule is CC(CCF)C(=O)OCc1ccccc1. The van der Waals surface area contributed by atoms with E-state index in [0.29, 0.717) is 0 Å². The Bertz CT molecular complexity index is 298. The highest BCUT2D eigenvalue weighted by atomic mass is 19.1. The Hall–Kier alpha value is -1.38. The lowest BCUT2D eigenvalue weighted by atomic mass is 10.1. The first-order valence-electron chi connectivity index (χ1n) is 5.00. The highest BCUT2D eigenvalue weighted by Gasteiger charge is 2.13. The first-order valence-corrected chi connectivity index (χ1v) is 5.00. The van der Waals surface area contributed by atoms with Crippen molar-refractivity contribution in [2.24, 2.45) is 5.92 Å². The maximum absolute atomic E-state index is 12.0. The van der Waals surface area contributed by atoms with Crippen molar-refractivity contribution in [3.63, 3.8) is 0 Å². The van der Waals surface area contributed by atoms with Crippen molar-refractivity contribution in [2.45, 2.75) is 20.0 Å². The van der Waals surface area contributed by atoms with Gasteiger partial charge < -0.3 is 4.74 Å². The predicted octanol–water partition coefficient (Wildman–Crippen LogP) is 2.73. The first-order chi connectivity index (χ1) is 7.24. The molecule has 0 aliphatic rings. The lowest BCUT2D eigenvalue weighted by molar-refractivity contribution is -0.149. The van der Waals surface area contributed by atoms with E-state index in [-0.39, 0.29) is 24.9 Å². The van der Waals surface area contributed by atoms with Crippen LogP contribution in [-0.2, 0) is 16.1 Å². The molecule has 1 rings (SSSR count). The van der Waals surface area contributed by atoms with Crippen LogP contribution in [0, 0.1) is 5.92 Å². The quantitative estimate of drug-likeness (QED) is 0.698. The molecule has 0 spiro atoms. The van der Waals surface area contributed by atoms with E-state index in [1.54, 1.807) is 6.92 Å². The number of rotatable bonds is 5. The fourth-order valence-electron chi connectivity index (χ4n) is 1.15. The molecule has 0 fully saturated rings. The van der Waals surface area contributed by atoms with Crippen molar-refractivity contribution in [1.82, 2.24) is 0 Å². The Morgan fingerprint density at radius 1 is 1.40 bits per heavy atom. The minimum atomic E-state index is -0.485. The fraction of sp³-hybridized carbons (Fsp3) is 0.417. The molecule has 0 bridgehead atoms. The van der Waals surface area contributed by atoms with E-state index in [1.807, 2.05) is 30.3 Å². The van der Waals surface area contributed by atoms with E-state index < -0.39 is 6.67 Å². The fourth-order valence-corrected chi connectivity index (χ4v) is 1.15. The van der Waals surface area contributed by atoms with Crippen LogP contribution in [0.15, 0.2) is 30.3 Å². The maximum Gasteiger partial charge on any atom is 0.309 e. The number of carbonyl (C=O) groups excluding carboxylic acids is 1. The summed E-state index contributed by atoms with van der Waals surface area (Å²) in [5.41, 5.74) is 0.943. The minimum Gasteiger partial charge on any atom is -0.461 e. The second-order valence-corrected chi connectivity index (χ2v) is 3.47. The lowest BCUT2D eigenvalue weighted by Crippen LogP contribution is -2.15. The highest BCUT2D eigenvalue weighted by molar-refractivity contribution is 5.71. The molecule has 0 saturated heterocycles. The molecule has 1 atom stereocenters. The van der Waals surface area contributed by atoms with Gasteiger partial charge >= 0.3 is 5.97 Å². The third kappa shape index (κ3) is 4.11. The van der Waals surface area contributed by atoms with Crippen LogP contribution >= 0.6 is 0 Å². The van der Waals surface area contributed by atoms with E-state index in [9.17, 15) is 9.18 Å². The molecule has 82 valence electrons. The summed E-state index contributed by atoms with van der Waals surface area (Å²) in [5, 5.41) is 0. The van der Waals surface area contributed by atoms with Crippen LogP contribution in [0.5, 0.6) is 0 Å². The van der Waals surface area contributed by atoms with Crippen LogP contribution < -0.4 is 0 Å². The van der Waals surface area contributed by atoms with Crippen LogP contribution in [-0.4, -0.2) is 12.6 Å². The van der Waals surface area contributed by atoms with Gasteiger partial charge in [-0.2, -0.15) is 0 Å². The van der Waals surface area contributed by atoms with Crippen LogP contribution in [0.3, 0.4) is 0 Å². The van der Waals surface area contributed by atoms with Crippen molar-refractivity contribution in [3.05, 3.63) is 35.9 Å². The Morgan fingerprint density at radius 2 is 2.07 bits per heavy atom. The van der Waals surface area contributed by atoms with Gasteiger partial charge in [0.25, 0.3) is 0 Å². The second-order valence-electron chi connectivity index (χ2n) is 3.47. The number of alkyl halides is 1. The summed E-state index contributed by atoms with van der Waals surface area (Å²) in [4.78, 5) is 11.3. The van der Waals surface area contributed by atoms with Crippen molar-refractivity contribution in [2.75, 3.05) is 6.67 Å². The molecule has 0 N–H and O–H groups in total. The number of hydrogen-bond donors (Lipinski definition) is 0. The van der Waals surface area contributed by atoms with E-state index >= 15 is 0 Å².